The molecular formula is C14H20FN3O2. The second-order valence-corrected chi connectivity index (χ2v) is 4.43. The van der Waals surface area contributed by atoms with Gasteiger partial charge in [-0.25, -0.2) is 4.39 Å². The molecule has 0 aliphatic carbocycles. The summed E-state index contributed by atoms with van der Waals surface area (Å²) in [7, 11) is 0. The maximum atomic E-state index is 13.3. The van der Waals surface area contributed by atoms with Crippen molar-refractivity contribution in [1.82, 2.24) is 0 Å². The average Bonchev–Trinajstić information content (AvgIpc) is 2.44. The summed E-state index contributed by atoms with van der Waals surface area (Å²) >= 11 is 0. The van der Waals surface area contributed by atoms with Crippen LogP contribution < -0.4 is 10.6 Å². The van der Waals surface area contributed by atoms with Crippen molar-refractivity contribution < 1.29 is 14.4 Å². The molecule has 0 saturated heterocycles. The van der Waals surface area contributed by atoms with Gasteiger partial charge >= 0.3 is 0 Å². The zero-order valence-corrected chi connectivity index (χ0v) is 11.7. The predicted molar refractivity (Wildman–Crippen MR) is 76.2 cm³/mol. The molecule has 1 atom stereocenters. The van der Waals surface area contributed by atoms with E-state index in [-0.39, 0.29) is 11.7 Å². The Bertz CT molecular complexity index is 491. The third-order valence-corrected chi connectivity index (χ3v) is 3.05. The van der Waals surface area contributed by atoms with Crippen LogP contribution in [0.15, 0.2) is 29.4 Å². The third kappa shape index (κ3) is 3.69. The lowest BCUT2D eigenvalue weighted by Crippen LogP contribution is -2.42. The van der Waals surface area contributed by atoms with Crippen molar-refractivity contribution in [3.8, 4) is 0 Å². The fourth-order valence-electron chi connectivity index (χ4n) is 2.05. The van der Waals surface area contributed by atoms with E-state index in [1.54, 1.807) is 19.1 Å². The van der Waals surface area contributed by atoms with Crippen LogP contribution in [0.2, 0.25) is 0 Å². The number of hydrogen-bond donors (Lipinski definition) is 2. The molecule has 3 N–H and O–H groups in total. The number of halogens is 1. The van der Waals surface area contributed by atoms with E-state index in [2.05, 4.69) is 5.16 Å². The van der Waals surface area contributed by atoms with Gasteiger partial charge in [-0.1, -0.05) is 24.6 Å². The highest BCUT2D eigenvalue weighted by molar-refractivity contribution is 6.08. The molecule has 1 aromatic carbocycles. The normalized spacial score (nSPS) is 13.1. The van der Waals surface area contributed by atoms with Gasteiger partial charge in [0.15, 0.2) is 5.84 Å². The standard InChI is InChI=1S/C14H20FN3O2/c1-3-6-12(13(16)17-20)14(19)18(4-2)11-8-5-7-10(15)9-11/h5,7-9,12,20H,3-4,6H2,1-2H3,(H2,16,17). The number of hydrogen-bond acceptors (Lipinski definition) is 3. The van der Waals surface area contributed by atoms with Gasteiger partial charge in [-0.2, -0.15) is 0 Å². The number of amides is 1. The van der Waals surface area contributed by atoms with Crippen LogP contribution in [-0.4, -0.2) is 23.5 Å². The van der Waals surface area contributed by atoms with Crippen molar-refractivity contribution in [2.24, 2.45) is 16.8 Å². The minimum atomic E-state index is -0.701. The molecule has 1 aromatic rings. The van der Waals surface area contributed by atoms with Crippen molar-refractivity contribution in [3.05, 3.63) is 30.1 Å². The summed E-state index contributed by atoms with van der Waals surface area (Å²) in [5, 5.41) is 11.7. The fourth-order valence-corrected chi connectivity index (χ4v) is 2.05. The van der Waals surface area contributed by atoms with E-state index in [4.69, 9.17) is 10.9 Å². The number of carbonyl (C=O) groups is 1. The number of oxime groups is 1. The highest BCUT2D eigenvalue weighted by Gasteiger charge is 2.27. The van der Waals surface area contributed by atoms with Gasteiger partial charge in [-0.15, -0.1) is 0 Å². The smallest absolute Gasteiger partial charge is 0.237 e. The van der Waals surface area contributed by atoms with Gasteiger partial charge in [0.2, 0.25) is 5.91 Å². The average molecular weight is 281 g/mol. The monoisotopic (exact) mass is 281 g/mol. The van der Waals surface area contributed by atoms with E-state index in [1.807, 2.05) is 6.92 Å². The third-order valence-electron chi connectivity index (χ3n) is 3.05. The molecular weight excluding hydrogens is 261 g/mol. The number of rotatable bonds is 6. The zero-order chi connectivity index (χ0) is 15.1. The molecule has 0 fully saturated rings. The predicted octanol–water partition coefficient (Wildman–Crippen LogP) is 2.34. The first-order chi connectivity index (χ1) is 9.54. The molecule has 6 heteroatoms. The Morgan fingerprint density at radius 2 is 2.20 bits per heavy atom. The largest absolute Gasteiger partial charge is 0.409 e. The summed E-state index contributed by atoms with van der Waals surface area (Å²) in [6.45, 7) is 4.07. The number of amidine groups is 1. The second-order valence-electron chi connectivity index (χ2n) is 4.43. The Kier molecular flexibility index (Phi) is 5.96. The molecule has 0 aromatic heterocycles. The zero-order valence-electron chi connectivity index (χ0n) is 11.7. The van der Waals surface area contributed by atoms with E-state index >= 15 is 0 Å². The minimum Gasteiger partial charge on any atom is -0.409 e. The van der Waals surface area contributed by atoms with E-state index in [1.165, 1.54) is 17.0 Å². The van der Waals surface area contributed by atoms with E-state index in [0.29, 0.717) is 25.1 Å². The van der Waals surface area contributed by atoms with Gasteiger partial charge < -0.3 is 15.8 Å². The molecule has 20 heavy (non-hydrogen) atoms. The lowest BCUT2D eigenvalue weighted by molar-refractivity contribution is -0.120. The number of nitrogens with zero attached hydrogens (tertiary/aromatic N) is 2. The molecule has 1 amide bonds. The van der Waals surface area contributed by atoms with E-state index in [9.17, 15) is 9.18 Å². The summed E-state index contributed by atoms with van der Waals surface area (Å²) in [6.07, 6.45) is 1.19. The summed E-state index contributed by atoms with van der Waals surface area (Å²) in [5.41, 5.74) is 6.05. The Balaban J connectivity index is 3.06. The number of anilines is 1. The van der Waals surface area contributed by atoms with Crippen molar-refractivity contribution in [3.63, 3.8) is 0 Å². The first-order valence-corrected chi connectivity index (χ1v) is 6.59. The van der Waals surface area contributed by atoms with Gasteiger partial charge in [0, 0.05) is 12.2 Å². The molecule has 0 heterocycles. The van der Waals surface area contributed by atoms with Crippen LogP contribution in [0, 0.1) is 11.7 Å². The van der Waals surface area contributed by atoms with Gasteiger partial charge in [0.05, 0.1) is 5.92 Å². The first-order valence-electron chi connectivity index (χ1n) is 6.59. The van der Waals surface area contributed by atoms with Crippen LogP contribution in [0.25, 0.3) is 0 Å². The van der Waals surface area contributed by atoms with Crippen LogP contribution in [0.4, 0.5) is 10.1 Å². The van der Waals surface area contributed by atoms with E-state index < -0.39 is 11.7 Å². The molecule has 0 saturated carbocycles. The summed E-state index contributed by atoms with van der Waals surface area (Å²) in [4.78, 5) is 13.9. The highest BCUT2D eigenvalue weighted by Crippen LogP contribution is 2.20. The van der Waals surface area contributed by atoms with Gasteiger partial charge in [-0.3, -0.25) is 4.79 Å². The maximum absolute atomic E-state index is 13.3. The maximum Gasteiger partial charge on any atom is 0.237 e. The van der Waals surface area contributed by atoms with Crippen LogP contribution in [0.5, 0.6) is 0 Å². The first kappa shape index (κ1) is 15.9. The number of benzene rings is 1. The molecule has 0 aliphatic rings. The summed E-state index contributed by atoms with van der Waals surface area (Å²) in [5.74, 6) is -1.53. The molecule has 0 bridgehead atoms. The molecule has 1 rings (SSSR count). The van der Waals surface area contributed by atoms with Crippen LogP contribution >= 0.6 is 0 Å². The summed E-state index contributed by atoms with van der Waals surface area (Å²) in [6, 6.07) is 5.80. The van der Waals surface area contributed by atoms with Crippen molar-refractivity contribution in [2.75, 3.05) is 11.4 Å². The molecule has 5 nitrogen and oxygen atoms in total. The van der Waals surface area contributed by atoms with Gasteiger partial charge in [-0.05, 0) is 31.5 Å². The number of carbonyl (C=O) groups excluding carboxylic acids is 1. The molecule has 110 valence electrons. The SMILES string of the molecule is CCCC(C(=O)N(CC)c1cccc(F)c1)C(N)=NO. The van der Waals surface area contributed by atoms with Crippen molar-refractivity contribution in [2.45, 2.75) is 26.7 Å². The Morgan fingerprint density at radius 3 is 2.70 bits per heavy atom. The lowest BCUT2D eigenvalue weighted by Gasteiger charge is -2.25. The highest BCUT2D eigenvalue weighted by atomic mass is 19.1. The summed E-state index contributed by atoms with van der Waals surface area (Å²) < 4.78 is 13.3. The van der Waals surface area contributed by atoms with E-state index in [0.717, 1.165) is 0 Å². The lowest BCUT2D eigenvalue weighted by atomic mass is 10.0. The Labute approximate surface area is 117 Å². The van der Waals surface area contributed by atoms with Gasteiger partial charge in [0.1, 0.15) is 5.82 Å². The van der Waals surface area contributed by atoms with Crippen molar-refractivity contribution in [1.29, 1.82) is 0 Å². The molecule has 0 spiro atoms. The van der Waals surface area contributed by atoms with Gasteiger partial charge in [0.25, 0.3) is 0 Å². The Hall–Kier alpha value is -2.11. The van der Waals surface area contributed by atoms with Crippen LogP contribution in [-0.2, 0) is 4.79 Å². The number of nitrogens with two attached hydrogens (primary N) is 1. The molecule has 0 radical (unpaired) electrons. The van der Waals surface area contributed by atoms with Crippen LogP contribution in [0.3, 0.4) is 0 Å². The quantitative estimate of drug-likeness (QED) is 0.363. The van der Waals surface area contributed by atoms with Crippen molar-refractivity contribution >= 4 is 17.4 Å². The van der Waals surface area contributed by atoms with Crippen LogP contribution in [0.1, 0.15) is 26.7 Å². The second kappa shape index (κ2) is 7.47. The topological polar surface area (TPSA) is 78.9 Å². The minimum absolute atomic E-state index is 0.119. The Morgan fingerprint density at radius 1 is 1.50 bits per heavy atom. The fraction of sp³-hybridized carbons (Fsp3) is 0.429. The molecule has 0 aliphatic heterocycles. The molecule has 1 unspecified atom stereocenters.